The van der Waals surface area contributed by atoms with E-state index in [0.717, 1.165) is 142 Å². The van der Waals surface area contributed by atoms with Crippen molar-refractivity contribution in [2.75, 3.05) is 63.7 Å². The fourth-order valence-corrected chi connectivity index (χ4v) is 12.3. The summed E-state index contributed by atoms with van der Waals surface area (Å²) in [7, 11) is 5.61. The lowest BCUT2D eigenvalue weighted by Crippen LogP contribution is -2.58. The van der Waals surface area contributed by atoms with Gasteiger partial charge in [0.1, 0.15) is 6.04 Å². The van der Waals surface area contributed by atoms with Crippen LogP contribution in [0.5, 0.6) is 0 Å². The minimum Gasteiger partial charge on any atom is -0.388 e. The Morgan fingerprint density at radius 2 is 0.418 bits per heavy atom. The van der Waals surface area contributed by atoms with Crippen LogP contribution in [0.3, 0.4) is 0 Å². The Hall–Kier alpha value is -15.3. The number of hydrogen-bond acceptors (Lipinski definition) is 14. The van der Waals surface area contributed by atoms with Crippen LogP contribution in [0.15, 0.2) is 424 Å². The maximum atomic E-state index is 4.69. The van der Waals surface area contributed by atoms with Crippen LogP contribution >= 0.6 is 0 Å². The molecule has 0 aromatic heterocycles. The Balaban J connectivity index is 0.000000184. The Labute approximate surface area is 723 Å². The van der Waals surface area contributed by atoms with Crippen molar-refractivity contribution < 1.29 is 7.16 Å². The van der Waals surface area contributed by atoms with Crippen molar-refractivity contribution in [3.05, 3.63) is 422 Å². The summed E-state index contributed by atoms with van der Waals surface area (Å²) >= 11 is 0. The van der Waals surface area contributed by atoms with E-state index in [0.29, 0.717) is 0 Å². The standard InChI is InChI=1S/C26H26N4.C26H24N4.C26H22N4.C26H25N3.2CH4.B.H2/c3*1-19-3-5-21(6-4-19)28-23-11-13-25(14-12-23)30-26-17-15-24(16-18-26)29-22-9-7-20(27-2)8-10-22;1-19-2-10-23(11-3-19)28-25-14-16-26(17-15-25)29-24-12-6-21(7-13-24)18-20-4-8-22(27)9-5-20;;;;/h3-18,27-30H,1-2H3;3-18,27,29H,1-2H3;3-18H,1-2H3;2-18,22,28-29H,27H2,1H3;2*1H4;;1H/p+1/i;;;;;;;1+1. The molecule has 0 unspecified atom stereocenters. The Morgan fingerprint density at radius 3 is 0.639 bits per heavy atom. The van der Waals surface area contributed by atoms with E-state index in [2.05, 4.69) is 325 Å². The topological polar surface area (TPSA) is 198 Å². The molecule has 0 fully saturated rings. The number of allylic oxidation sites excluding steroid dienone is 15. The number of nitrogens with one attached hydrogen (secondary N) is 8. The third-order valence-corrected chi connectivity index (χ3v) is 19.0. The highest BCUT2D eigenvalue weighted by Gasteiger charge is 2.09. The minimum absolute atomic E-state index is 0. The summed E-state index contributed by atoms with van der Waals surface area (Å²) in [6, 6.07) is 99.2. The molecule has 0 amide bonds. The number of aryl methyl sites for hydroxylation is 4. The summed E-state index contributed by atoms with van der Waals surface area (Å²) in [6.45, 7) is 8.33. The molecule has 16 heteroatoms. The summed E-state index contributed by atoms with van der Waals surface area (Å²) in [5.74, 6) is 0. The molecule has 4 aliphatic carbocycles. The van der Waals surface area contributed by atoms with Gasteiger partial charge in [0.15, 0.2) is 0 Å². The molecule has 4 aliphatic rings. The molecule has 0 heterocycles. The molecule has 12 aromatic carbocycles. The Kier molecular flexibility index (Phi) is 33.2. The molecule has 16 rings (SSSR count). The van der Waals surface area contributed by atoms with Crippen molar-refractivity contribution in [3.8, 4) is 0 Å². The number of anilines is 14. The van der Waals surface area contributed by atoms with Crippen LogP contribution in [-0.4, -0.2) is 69.9 Å². The smallest absolute Gasteiger partial charge is 0.122 e. The number of quaternary nitrogens is 1. The molecule has 609 valence electrons. The first-order chi connectivity index (χ1) is 58.2. The van der Waals surface area contributed by atoms with Crippen molar-refractivity contribution in [2.45, 2.75) is 48.6 Å². The third kappa shape index (κ3) is 28.5. The molecule has 0 saturated heterocycles. The van der Waals surface area contributed by atoms with Gasteiger partial charge in [-0.2, -0.15) is 0 Å². The van der Waals surface area contributed by atoms with E-state index < -0.39 is 0 Å². The Bertz CT molecular complexity index is 5810. The van der Waals surface area contributed by atoms with E-state index in [1.807, 2.05) is 184 Å². The largest absolute Gasteiger partial charge is 0.388 e. The molecule has 0 bridgehead atoms. The van der Waals surface area contributed by atoms with Gasteiger partial charge in [0.25, 0.3) is 0 Å². The molecular formula is C106H108BN15+. The molecular weight excluding hydrogens is 1490 g/mol. The summed E-state index contributed by atoms with van der Waals surface area (Å²) in [6.07, 6.45) is 34.3. The lowest BCUT2D eigenvalue weighted by Gasteiger charge is -2.11. The zero-order valence-corrected chi connectivity index (χ0v) is 68.6. The number of rotatable bonds is 20. The van der Waals surface area contributed by atoms with Gasteiger partial charge < -0.3 is 48.3 Å². The summed E-state index contributed by atoms with van der Waals surface area (Å²) in [5.41, 5.74) is 36.3. The summed E-state index contributed by atoms with van der Waals surface area (Å²) < 4.78 is 0. The van der Waals surface area contributed by atoms with Gasteiger partial charge in [-0.3, -0.25) is 4.99 Å². The van der Waals surface area contributed by atoms with Gasteiger partial charge in [0.2, 0.25) is 0 Å². The van der Waals surface area contributed by atoms with Crippen LogP contribution in [0.4, 0.5) is 108 Å². The van der Waals surface area contributed by atoms with Crippen molar-refractivity contribution in [2.24, 2.45) is 30.0 Å². The number of nitrogens with zero attached hydrogens (tertiary/aromatic N) is 6. The molecule has 0 saturated carbocycles. The number of benzene rings is 12. The van der Waals surface area contributed by atoms with E-state index in [4.69, 9.17) is 4.99 Å². The zero-order chi connectivity index (χ0) is 82.3. The second-order valence-electron chi connectivity index (χ2n) is 28.6. The second kappa shape index (κ2) is 45.5. The monoisotopic (exact) mass is 1600 g/mol. The fourth-order valence-electron chi connectivity index (χ4n) is 12.3. The van der Waals surface area contributed by atoms with Crippen LogP contribution in [0.2, 0.25) is 0 Å². The number of hydrogen-bond donors (Lipinski definition) is 9. The third-order valence-electron chi connectivity index (χ3n) is 19.0. The van der Waals surface area contributed by atoms with Crippen LogP contribution in [-0.2, 0) is 0 Å². The second-order valence-corrected chi connectivity index (χ2v) is 28.6. The van der Waals surface area contributed by atoms with E-state index in [1.54, 1.807) is 7.05 Å². The minimum atomic E-state index is 0. The molecule has 0 aliphatic heterocycles. The van der Waals surface area contributed by atoms with Gasteiger partial charge in [-0.1, -0.05) is 110 Å². The lowest BCUT2D eigenvalue weighted by atomic mass is 10.0. The van der Waals surface area contributed by atoms with Crippen molar-refractivity contribution in [1.29, 1.82) is 0 Å². The van der Waals surface area contributed by atoms with Crippen molar-refractivity contribution >= 4 is 157 Å². The first kappa shape index (κ1) is 89.1. The van der Waals surface area contributed by atoms with Gasteiger partial charge in [0.05, 0.1) is 62.7 Å². The quantitative estimate of drug-likeness (QED) is 0.0265. The highest BCUT2D eigenvalue weighted by atomic mass is 14.9. The van der Waals surface area contributed by atoms with Gasteiger partial charge in [-0.25, -0.2) is 25.0 Å². The van der Waals surface area contributed by atoms with Gasteiger partial charge in [0, 0.05) is 111 Å². The van der Waals surface area contributed by atoms with Gasteiger partial charge in [-0.05, 0) is 360 Å². The van der Waals surface area contributed by atoms with Gasteiger partial charge in [-0.15, -0.1) is 0 Å². The van der Waals surface area contributed by atoms with Crippen LogP contribution in [0.25, 0.3) is 6.08 Å². The van der Waals surface area contributed by atoms with Crippen molar-refractivity contribution in [3.63, 3.8) is 0 Å². The van der Waals surface area contributed by atoms with E-state index in [-0.39, 0.29) is 30.7 Å². The highest BCUT2D eigenvalue weighted by molar-refractivity contribution is 6.21. The maximum absolute atomic E-state index is 4.69. The number of aliphatic imine (C=N–C) groups is 6. The maximum Gasteiger partial charge on any atom is 0.122 e. The zero-order valence-electron chi connectivity index (χ0n) is 68.6. The SMILES string of the molecule is C.C.CN=C1C=CC(=Nc2ccc(N=C3C=CC(=Nc4ccc(C)cc4)C=C3)cc2)C=C1.CNc1ccc(Nc2ccc(N=C3C=CC(=Nc4ccc(C)cc4)C=C3)cc2)cc1.CNc1ccc(Nc2ccc(Nc3ccc(Nc4ccc(C)cc4)cc3)cc2)cc1.Cc1ccc(Nc2ccc(Nc3ccc(C=C4C=CC([NH3+])C=C4)cc3)cc2)cc1.[2HH].[B]. The predicted octanol–water partition coefficient (Wildman–Crippen LogP) is 27.0. The molecule has 0 atom stereocenters. The van der Waals surface area contributed by atoms with Crippen LogP contribution < -0.4 is 48.3 Å². The van der Waals surface area contributed by atoms with E-state index >= 15 is 0 Å². The molecule has 11 N–H and O–H groups in total. The average molecular weight is 1600 g/mol. The van der Waals surface area contributed by atoms with Crippen molar-refractivity contribution in [1.82, 2.24) is 0 Å². The summed E-state index contributed by atoms with van der Waals surface area (Å²) in [5, 5.41) is 26.8. The van der Waals surface area contributed by atoms with E-state index in [9.17, 15) is 0 Å². The fraction of sp³-hybridized carbons (Fsp3) is 0.0943. The first-order valence-corrected chi connectivity index (χ1v) is 39.6. The predicted molar refractivity (Wildman–Crippen MR) is 533 cm³/mol. The lowest BCUT2D eigenvalue weighted by molar-refractivity contribution is -0.387. The highest BCUT2D eigenvalue weighted by Crippen LogP contribution is 2.30. The Morgan fingerprint density at radius 1 is 0.246 bits per heavy atom. The molecule has 12 aromatic rings. The molecule has 3 radical (unpaired) electrons. The first-order valence-electron chi connectivity index (χ1n) is 39.6. The average Bonchev–Trinajstić information content (AvgIpc) is 0.865. The molecule has 0 spiro atoms. The van der Waals surface area contributed by atoms with Crippen LogP contribution in [0, 0.1) is 27.7 Å². The summed E-state index contributed by atoms with van der Waals surface area (Å²) in [4.78, 5) is 27.4. The molecule has 15 nitrogen and oxygen atoms in total. The normalized spacial score (nSPS) is 12.9. The van der Waals surface area contributed by atoms with E-state index in [1.165, 1.54) is 33.4 Å². The van der Waals surface area contributed by atoms with Crippen LogP contribution in [0.1, 0.15) is 44.1 Å². The molecule has 122 heavy (non-hydrogen) atoms. The van der Waals surface area contributed by atoms with Gasteiger partial charge >= 0.3 is 0 Å².